The van der Waals surface area contributed by atoms with Crippen LogP contribution in [0.2, 0.25) is 0 Å². The second kappa shape index (κ2) is 24.3. The molecular weight excluding hydrogens is 705 g/mol. The summed E-state index contributed by atoms with van der Waals surface area (Å²) in [5, 5.41) is 12.8. The van der Waals surface area contributed by atoms with E-state index in [2.05, 4.69) is 40.4 Å². The molecule has 0 aromatic heterocycles. The lowest BCUT2D eigenvalue weighted by atomic mass is 10.0. The van der Waals surface area contributed by atoms with Gasteiger partial charge < -0.3 is 41.0 Å². The molecule has 6 N–H and O–H groups in total. The zero-order valence-corrected chi connectivity index (χ0v) is 31.9. The number of quaternary nitrogens is 1. The van der Waals surface area contributed by atoms with Crippen LogP contribution < -0.4 is 36.2 Å². The number of nitrogens with one attached hydrogen (secondary N) is 6. The summed E-state index contributed by atoms with van der Waals surface area (Å²) in [6.45, 7) is 8.30. The minimum Gasteiger partial charge on any atom is -0.458 e. The SMILES string of the molecule is CC[NH+](CC)CCOC(=O)C(CCSC)NC(=O)C(Cc1ccccc1)NC(=O)CNC(=O)CNC(=O)C(Cc1ccc(OC(C)=O)cc1)NC(C)=O. The highest BCUT2D eigenvalue weighted by molar-refractivity contribution is 7.98. The van der Waals surface area contributed by atoms with Crippen molar-refractivity contribution >= 4 is 53.2 Å². The molecule has 53 heavy (non-hydrogen) atoms. The standard InChI is InChI=1S/C37H52N6O9S/c1-6-43(7-2)18-19-51-37(50)30(17-20-53-5)42-36(49)32(21-27-11-9-8-10-12-27)41-34(47)24-38-33(46)23-39-35(48)31(40-25(3)44)22-28-13-15-29(16-14-28)52-26(4)45/h8-16,30-32H,6-7,17-24H2,1-5H3,(H,38,46)(H,39,48)(H,40,44)(H,41,47)(H,42,49)/p+1. The van der Waals surface area contributed by atoms with Crippen LogP contribution in [-0.4, -0.2) is 111 Å². The number of thioether (sulfide) groups is 1. The molecule has 0 aliphatic heterocycles. The summed E-state index contributed by atoms with van der Waals surface area (Å²) in [5.74, 6) is -3.13. The molecule has 2 rings (SSSR count). The molecule has 16 heteroatoms. The van der Waals surface area contributed by atoms with Crippen molar-refractivity contribution in [3.05, 3.63) is 65.7 Å². The fourth-order valence-electron chi connectivity index (χ4n) is 5.14. The molecule has 0 aliphatic rings. The van der Waals surface area contributed by atoms with E-state index in [9.17, 15) is 33.6 Å². The molecule has 0 saturated carbocycles. The molecular formula is C37H53N6O9S+. The van der Waals surface area contributed by atoms with Gasteiger partial charge in [-0.2, -0.15) is 11.8 Å². The summed E-state index contributed by atoms with van der Waals surface area (Å²) in [5.41, 5.74) is 1.42. The Balaban J connectivity index is 2.00. The predicted molar refractivity (Wildman–Crippen MR) is 200 cm³/mol. The van der Waals surface area contributed by atoms with Crippen molar-refractivity contribution in [2.24, 2.45) is 0 Å². The molecule has 0 fully saturated rings. The van der Waals surface area contributed by atoms with Gasteiger partial charge in [0.2, 0.25) is 29.5 Å². The molecule has 290 valence electrons. The maximum Gasteiger partial charge on any atom is 0.328 e. The zero-order chi connectivity index (χ0) is 39.2. The Kier molecular flexibility index (Phi) is 20.3. The highest BCUT2D eigenvalue weighted by Crippen LogP contribution is 2.14. The van der Waals surface area contributed by atoms with E-state index in [0.29, 0.717) is 30.0 Å². The van der Waals surface area contributed by atoms with E-state index in [1.807, 2.05) is 12.3 Å². The van der Waals surface area contributed by atoms with Crippen LogP contribution >= 0.6 is 11.8 Å². The number of carbonyl (C=O) groups is 7. The number of likely N-dealkylation sites (N-methyl/N-ethyl adjacent to an activating group) is 1. The van der Waals surface area contributed by atoms with Crippen LogP contribution in [0.25, 0.3) is 0 Å². The maximum atomic E-state index is 13.6. The summed E-state index contributed by atoms with van der Waals surface area (Å²) < 4.78 is 10.5. The number of esters is 2. The molecule has 0 aliphatic carbocycles. The van der Waals surface area contributed by atoms with Crippen LogP contribution in [0.5, 0.6) is 5.75 Å². The first kappa shape index (κ1) is 44.2. The highest BCUT2D eigenvalue weighted by Gasteiger charge is 2.28. The first-order valence-electron chi connectivity index (χ1n) is 17.6. The van der Waals surface area contributed by atoms with Crippen LogP contribution in [-0.2, 0) is 51.1 Å². The predicted octanol–water partition coefficient (Wildman–Crippen LogP) is -0.675. The highest BCUT2D eigenvalue weighted by atomic mass is 32.2. The first-order valence-corrected chi connectivity index (χ1v) is 19.0. The van der Waals surface area contributed by atoms with E-state index in [-0.39, 0.29) is 19.4 Å². The third kappa shape index (κ3) is 17.9. The van der Waals surface area contributed by atoms with Gasteiger partial charge >= 0.3 is 11.9 Å². The Bertz CT molecular complexity index is 1510. The van der Waals surface area contributed by atoms with Crippen molar-refractivity contribution in [1.82, 2.24) is 26.6 Å². The van der Waals surface area contributed by atoms with Gasteiger partial charge in [0, 0.05) is 26.7 Å². The molecule has 5 amide bonds. The smallest absolute Gasteiger partial charge is 0.328 e. The Morgan fingerprint density at radius 3 is 1.91 bits per heavy atom. The van der Waals surface area contributed by atoms with Gasteiger partial charge in [-0.3, -0.25) is 28.8 Å². The van der Waals surface area contributed by atoms with Gasteiger partial charge in [0.25, 0.3) is 0 Å². The van der Waals surface area contributed by atoms with Crippen molar-refractivity contribution in [2.45, 2.75) is 65.1 Å². The number of rotatable bonds is 23. The van der Waals surface area contributed by atoms with Gasteiger partial charge in [-0.25, -0.2) is 4.79 Å². The van der Waals surface area contributed by atoms with Gasteiger partial charge in [0.05, 0.1) is 26.2 Å². The van der Waals surface area contributed by atoms with Crippen molar-refractivity contribution < 1.29 is 47.9 Å². The normalized spacial score (nSPS) is 12.4. The van der Waals surface area contributed by atoms with Crippen molar-refractivity contribution in [1.29, 1.82) is 0 Å². The summed E-state index contributed by atoms with van der Waals surface area (Å²) in [4.78, 5) is 89.3. The number of benzene rings is 2. The van der Waals surface area contributed by atoms with Crippen molar-refractivity contribution in [3.8, 4) is 5.75 Å². The average Bonchev–Trinajstić information content (AvgIpc) is 3.13. The van der Waals surface area contributed by atoms with E-state index in [1.165, 1.54) is 30.5 Å². The summed E-state index contributed by atoms with van der Waals surface area (Å²) in [7, 11) is 0. The van der Waals surface area contributed by atoms with Crippen LogP contribution in [0, 0.1) is 0 Å². The molecule has 3 unspecified atom stereocenters. The zero-order valence-electron chi connectivity index (χ0n) is 31.1. The van der Waals surface area contributed by atoms with Gasteiger partial charge in [0.1, 0.15) is 37.0 Å². The number of carbonyl (C=O) groups excluding carboxylic acids is 7. The van der Waals surface area contributed by atoms with E-state index in [0.717, 1.165) is 18.7 Å². The van der Waals surface area contributed by atoms with Gasteiger partial charge in [-0.1, -0.05) is 42.5 Å². The molecule has 2 aromatic carbocycles. The van der Waals surface area contributed by atoms with Gasteiger partial charge in [-0.15, -0.1) is 0 Å². The summed E-state index contributed by atoms with van der Waals surface area (Å²) >= 11 is 1.52. The largest absolute Gasteiger partial charge is 0.458 e. The summed E-state index contributed by atoms with van der Waals surface area (Å²) in [6, 6.07) is 12.4. The molecule has 15 nitrogen and oxygen atoms in total. The van der Waals surface area contributed by atoms with Crippen molar-refractivity contribution in [2.75, 3.05) is 51.3 Å². The van der Waals surface area contributed by atoms with Crippen LogP contribution in [0.4, 0.5) is 0 Å². The van der Waals surface area contributed by atoms with E-state index in [4.69, 9.17) is 9.47 Å². The van der Waals surface area contributed by atoms with Crippen LogP contribution in [0.15, 0.2) is 54.6 Å². The molecule has 3 atom stereocenters. The maximum absolute atomic E-state index is 13.6. The Morgan fingerprint density at radius 2 is 1.32 bits per heavy atom. The monoisotopic (exact) mass is 757 g/mol. The second-order valence-corrected chi connectivity index (χ2v) is 13.2. The van der Waals surface area contributed by atoms with Gasteiger partial charge in [-0.05, 0) is 55.5 Å². The third-order valence-corrected chi connectivity index (χ3v) is 8.68. The van der Waals surface area contributed by atoms with Crippen molar-refractivity contribution in [3.63, 3.8) is 0 Å². The quantitative estimate of drug-likeness (QED) is 0.0624. The lowest BCUT2D eigenvalue weighted by molar-refractivity contribution is -0.896. The Labute approximate surface area is 315 Å². The molecule has 0 bridgehead atoms. The molecule has 0 saturated heterocycles. The van der Waals surface area contributed by atoms with E-state index in [1.54, 1.807) is 48.5 Å². The summed E-state index contributed by atoms with van der Waals surface area (Å²) in [6.07, 6.45) is 2.44. The molecule has 0 spiro atoms. The van der Waals surface area contributed by atoms with Crippen LogP contribution in [0.3, 0.4) is 0 Å². The average molecular weight is 758 g/mol. The topological polar surface area (TPSA) is 203 Å². The second-order valence-electron chi connectivity index (χ2n) is 12.2. The minimum atomic E-state index is -1.08. The fraction of sp³-hybridized carbons (Fsp3) is 0.486. The lowest BCUT2D eigenvalue weighted by Gasteiger charge is -2.23. The third-order valence-electron chi connectivity index (χ3n) is 8.03. The number of hydrogen-bond acceptors (Lipinski definition) is 10. The minimum absolute atomic E-state index is 0.0910. The van der Waals surface area contributed by atoms with Crippen LogP contribution in [0.1, 0.15) is 45.2 Å². The Hall–Kier alpha value is -4.96. The molecule has 0 radical (unpaired) electrons. The molecule has 2 aromatic rings. The first-order chi connectivity index (χ1) is 25.3. The van der Waals surface area contributed by atoms with E-state index < -0.39 is 72.7 Å². The Morgan fingerprint density at radius 1 is 0.717 bits per heavy atom. The fourth-order valence-corrected chi connectivity index (χ4v) is 5.61. The van der Waals surface area contributed by atoms with Gasteiger partial charge in [0.15, 0.2) is 0 Å². The van der Waals surface area contributed by atoms with E-state index >= 15 is 0 Å². The number of ether oxygens (including phenoxy) is 2. The number of hydrogen-bond donors (Lipinski definition) is 6. The molecule has 0 heterocycles. The number of amides is 5. The lowest BCUT2D eigenvalue weighted by Crippen LogP contribution is -3.11.